The third-order valence-corrected chi connectivity index (χ3v) is 2.27. The van der Waals surface area contributed by atoms with Gasteiger partial charge in [0.05, 0.1) is 6.61 Å². The van der Waals surface area contributed by atoms with Crippen LogP contribution in [0.5, 0.6) is 0 Å². The van der Waals surface area contributed by atoms with E-state index in [4.69, 9.17) is 10.00 Å². The lowest BCUT2D eigenvalue weighted by Gasteiger charge is -2.07. The van der Waals surface area contributed by atoms with E-state index in [1.54, 1.807) is 19.1 Å². The van der Waals surface area contributed by atoms with Crippen molar-refractivity contribution in [2.45, 2.75) is 6.92 Å². The fraction of sp³-hybridized carbons (Fsp3) is 0.167. The minimum atomic E-state index is -0.615. The van der Waals surface area contributed by atoms with Gasteiger partial charge in [0, 0.05) is 5.69 Å². The SMILES string of the molecule is CCOC(=O)/C(S)=C(\C#N)Nc1ccccc1. The van der Waals surface area contributed by atoms with Crippen molar-refractivity contribution in [2.24, 2.45) is 0 Å². The second-order valence-corrected chi connectivity index (χ2v) is 3.49. The molecule has 1 N–H and O–H groups in total. The number of benzene rings is 1. The number of hydrogen-bond donors (Lipinski definition) is 2. The molecule has 0 atom stereocenters. The number of rotatable bonds is 4. The maximum atomic E-state index is 11.4. The number of nitrogens with zero attached hydrogens (tertiary/aromatic N) is 1. The lowest BCUT2D eigenvalue weighted by atomic mass is 10.3. The van der Waals surface area contributed by atoms with E-state index in [2.05, 4.69) is 17.9 Å². The van der Waals surface area contributed by atoms with E-state index in [0.717, 1.165) is 0 Å². The Morgan fingerprint density at radius 1 is 1.47 bits per heavy atom. The van der Waals surface area contributed by atoms with E-state index in [-0.39, 0.29) is 17.2 Å². The molecule has 0 aliphatic carbocycles. The number of allylic oxidation sites excluding steroid dienone is 1. The van der Waals surface area contributed by atoms with Crippen LogP contribution in [-0.2, 0) is 9.53 Å². The summed E-state index contributed by atoms with van der Waals surface area (Å²) in [5.74, 6) is -0.615. The van der Waals surface area contributed by atoms with Gasteiger partial charge in [0.2, 0.25) is 0 Å². The topological polar surface area (TPSA) is 62.1 Å². The number of nitriles is 1. The Labute approximate surface area is 105 Å². The molecule has 0 unspecified atom stereocenters. The molecule has 0 heterocycles. The van der Waals surface area contributed by atoms with Crippen molar-refractivity contribution in [2.75, 3.05) is 11.9 Å². The van der Waals surface area contributed by atoms with Gasteiger partial charge in [-0.15, -0.1) is 12.6 Å². The largest absolute Gasteiger partial charge is 0.462 e. The van der Waals surface area contributed by atoms with Crippen LogP contribution in [0.1, 0.15) is 6.92 Å². The molecule has 1 aromatic carbocycles. The summed E-state index contributed by atoms with van der Waals surface area (Å²) in [6.07, 6.45) is 0. The van der Waals surface area contributed by atoms with Gasteiger partial charge in [0.15, 0.2) is 0 Å². The first-order valence-corrected chi connectivity index (χ1v) is 5.46. The van der Waals surface area contributed by atoms with Crippen LogP contribution in [0.2, 0.25) is 0 Å². The smallest absolute Gasteiger partial charge is 0.347 e. The monoisotopic (exact) mass is 248 g/mol. The molecule has 1 aromatic rings. The van der Waals surface area contributed by atoms with Crippen LogP contribution in [0.25, 0.3) is 0 Å². The lowest BCUT2D eigenvalue weighted by molar-refractivity contribution is -0.137. The number of carbonyl (C=O) groups excluding carboxylic acids is 1. The van der Waals surface area contributed by atoms with E-state index in [9.17, 15) is 4.79 Å². The Balaban J connectivity index is 2.89. The van der Waals surface area contributed by atoms with Gasteiger partial charge in [0.25, 0.3) is 0 Å². The van der Waals surface area contributed by atoms with Crippen LogP contribution in [-0.4, -0.2) is 12.6 Å². The molecule has 5 heteroatoms. The van der Waals surface area contributed by atoms with Gasteiger partial charge < -0.3 is 10.1 Å². The summed E-state index contributed by atoms with van der Waals surface area (Å²) in [7, 11) is 0. The highest BCUT2D eigenvalue weighted by Gasteiger charge is 2.12. The average molecular weight is 248 g/mol. The Morgan fingerprint density at radius 3 is 2.65 bits per heavy atom. The van der Waals surface area contributed by atoms with Gasteiger partial charge in [0.1, 0.15) is 16.7 Å². The van der Waals surface area contributed by atoms with Gasteiger partial charge >= 0.3 is 5.97 Å². The highest BCUT2D eigenvalue weighted by molar-refractivity contribution is 7.85. The molecule has 0 aliphatic rings. The number of thiol groups is 1. The normalized spacial score (nSPS) is 11.1. The van der Waals surface area contributed by atoms with Crippen molar-refractivity contribution < 1.29 is 9.53 Å². The molecule has 0 radical (unpaired) electrons. The first kappa shape index (κ1) is 13.1. The maximum absolute atomic E-state index is 11.4. The summed E-state index contributed by atoms with van der Waals surface area (Å²) >= 11 is 3.98. The van der Waals surface area contributed by atoms with E-state index in [1.165, 1.54) is 0 Å². The fourth-order valence-corrected chi connectivity index (χ4v) is 1.28. The predicted octanol–water partition coefficient (Wildman–Crippen LogP) is 2.33. The molecule has 0 fully saturated rings. The molecule has 17 heavy (non-hydrogen) atoms. The number of nitrogens with one attached hydrogen (secondary N) is 1. The molecule has 0 amide bonds. The molecule has 0 aliphatic heterocycles. The number of carbonyl (C=O) groups is 1. The fourth-order valence-electron chi connectivity index (χ4n) is 1.11. The van der Waals surface area contributed by atoms with Crippen molar-refractivity contribution in [3.63, 3.8) is 0 Å². The molecular weight excluding hydrogens is 236 g/mol. The van der Waals surface area contributed by atoms with Gasteiger partial charge in [-0.05, 0) is 19.1 Å². The van der Waals surface area contributed by atoms with E-state index in [1.807, 2.05) is 24.3 Å². The van der Waals surface area contributed by atoms with E-state index >= 15 is 0 Å². The Kier molecular flexibility index (Phi) is 5.11. The molecule has 0 bridgehead atoms. The van der Waals surface area contributed by atoms with Gasteiger partial charge in [-0.3, -0.25) is 0 Å². The van der Waals surface area contributed by atoms with Gasteiger partial charge in [-0.1, -0.05) is 18.2 Å². The van der Waals surface area contributed by atoms with E-state index in [0.29, 0.717) is 5.69 Å². The van der Waals surface area contributed by atoms with Crippen molar-refractivity contribution in [3.8, 4) is 6.07 Å². The zero-order chi connectivity index (χ0) is 12.7. The van der Waals surface area contributed by atoms with Crippen LogP contribution < -0.4 is 5.32 Å². The molecule has 88 valence electrons. The van der Waals surface area contributed by atoms with Crippen molar-refractivity contribution in [1.29, 1.82) is 5.26 Å². The second-order valence-electron chi connectivity index (χ2n) is 3.05. The first-order chi connectivity index (χ1) is 8.19. The van der Waals surface area contributed by atoms with Gasteiger partial charge in [-0.25, -0.2) is 4.79 Å². The highest BCUT2D eigenvalue weighted by atomic mass is 32.1. The second kappa shape index (κ2) is 6.61. The van der Waals surface area contributed by atoms with Crippen LogP contribution >= 0.6 is 12.6 Å². The Morgan fingerprint density at radius 2 is 2.12 bits per heavy atom. The van der Waals surface area contributed by atoms with Crippen LogP contribution in [0.4, 0.5) is 5.69 Å². The minimum Gasteiger partial charge on any atom is -0.462 e. The molecule has 0 aromatic heterocycles. The Bertz CT molecular complexity index is 463. The summed E-state index contributed by atoms with van der Waals surface area (Å²) in [4.78, 5) is 11.4. The molecule has 0 saturated heterocycles. The number of hydrogen-bond acceptors (Lipinski definition) is 5. The lowest BCUT2D eigenvalue weighted by Crippen LogP contribution is -2.09. The Hall–Kier alpha value is -1.93. The number of para-hydroxylation sites is 1. The van der Waals surface area contributed by atoms with E-state index < -0.39 is 5.97 Å². The third kappa shape index (κ3) is 3.85. The summed E-state index contributed by atoms with van der Waals surface area (Å²) < 4.78 is 4.76. The highest BCUT2D eigenvalue weighted by Crippen LogP contribution is 2.15. The van der Waals surface area contributed by atoms with Crippen LogP contribution in [0.3, 0.4) is 0 Å². The van der Waals surface area contributed by atoms with Crippen molar-refractivity contribution in [1.82, 2.24) is 0 Å². The predicted molar refractivity (Wildman–Crippen MR) is 68.3 cm³/mol. The maximum Gasteiger partial charge on any atom is 0.347 e. The summed E-state index contributed by atoms with van der Waals surface area (Å²) in [5, 5.41) is 11.8. The van der Waals surface area contributed by atoms with Crippen molar-refractivity contribution >= 4 is 24.3 Å². The average Bonchev–Trinajstić information content (AvgIpc) is 2.36. The number of anilines is 1. The van der Waals surface area contributed by atoms with Crippen molar-refractivity contribution in [3.05, 3.63) is 40.9 Å². The molecule has 1 rings (SSSR count). The first-order valence-electron chi connectivity index (χ1n) is 5.01. The molecule has 4 nitrogen and oxygen atoms in total. The number of ether oxygens (including phenoxy) is 1. The zero-order valence-electron chi connectivity index (χ0n) is 9.30. The zero-order valence-corrected chi connectivity index (χ0v) is 10.2. The van der Waals surface area contributed by atoms with Crippen LogP contribution in [0.15, 0.2) is 40.9 Å². The molecule has 0 saturated carbocycles. The third-order valence-electron chi connectivity index (χ3n) is 1.86. The van der Waals surface area contributed by atoms with Gasteiger partial charge in [-0.2, -0.15) is 5.26 Å². The standard InChI is InChI=1S/C12H12N2O2S/c1-2-16-12(15)11(17)10(8-13)14-9-6-4-3-5-7-9/h3-7,14,17H,2H2,1H3/b11-10-. The molecular formula is C12H12N2O2S. The quantitative estimate of drug-likeness (QED) is 0.371. The summed E-state index contributed by atoms with van der Waals surface area (Å²) in [6.45, 7) is 1.93. The summed E-state index contributed by atoms with van der Waals surface area (Å²) in [6, 6.07) is 10.9. The number of esters is 1. The molecule has 0 spiro atoms. The van der Waals surface area contributed by atoms with Crippen LogP contribution in [0, 0.1) is 11.3 Å². The minimum absolute atomic E-state index is 0.0294. The summed E-state index contributed by atoms with van der Waals surface area (Å²) in [5.41, 5.74) is 0.776.